The van der Waals surface area contributed by atoms with Crippen LogP contribution in [0.15, 0.2) is 42.6 Å². The van der Waals surface area contributed by atoms with Crippen LogP contribution in [-0.4, -0.2) is 83.6 Å². The van der Waals surface area contributed by atoms with Crippen LogP contribution in [0.25, 0.3) is 0 Å². The zero-order valence-corrected chi connectivity index (χ0v) is 22.1. The average molecular weight is 507 g/mol. The van der Waals surface area contributed by atoms with Crippen molar-refractivity contribution in [3.63, 3.8) is 0 Å². The number of hydrogen-bond donors (Lipinski definition) is 1. The fourth-order valence-corrected chi connectivity index (χ4v) is 5.94. The Labute approximate surface area is 221 Å². The number of benzene rings is 1. The summed E-state index contributed by atoms with van der Waals surface area (Å²) in [6, 6.07) is 13.0. The summed E-state index contributed by atoms with van der Waals surface area (Å²) in [7, 11) is 0. The van der Waals surface area contributed by atoms with Gasteiger partial charge in [-0.2, -0.15) is 4.98 Å². The third-order valence-corrected chi connectivity index (χ3v) is 8.03. The largest absolute Gasteiger partial charge is 0.367 e. The molecule has 200 valence electrons. The van der Waals surface area contributed by atoms with Gasteiger partial charge in [-0.25, -0.2) is 4.98 Å². The van der Waals surface area contributed by atoms with Crippen LogP contribution in [-0.2, 0) is 16.1 Å². The highest BCUT2D eigenvalue weighted by Gasteiger charge is 2.30. The van der Waals surface area contributed by atoms with Gasteiger partial charge in [-0.05, 0) is 56.7 Å². The third kappa shape index (κ3) is 7.42. The van der Waals surface area contributed by atoms with Crippen molar-refractivity contribution in [1.29, 1.82) is 0 Å². The van der Waals surface area contributed by atoms with E-state index in [0.717, 1.165) is 75.9 Å². The Morgan fingerprint density at radius 2 is 1.70 bits per heavy atom. The predicted octanol–water partition coefficient (Wildman–Crippen LogP) is 3.94. The topological polar surface area (TPSA) is 73.8 Å². The molecule has 1 aromatic carbocycles. The molecular weight excluding hydrogens is 464 g/mol. The number of carbonyl (C=O) groups excluding carboxylic acids is 1. The Hall–Kier alpha value is -2.71. The second-order valence-electron chi connectivity index (χ2n) is 10.7. The number of ether oxygens (including phenoxy) is 1. The first kappa shape index (κ1) is 25.9. The number of nitrogens with one attached hydrogen (secondary N) is 1. The van der Waals surface area contributed by atoms with Gasteiger partial charge in [0.2, 0.25) is 11.9 Å². The number of likely N-dealkylation sites (tertiary alicyclic amines) is 2. The van der Waals surface area contributed by atoms with Crippen molar-refractivity contribution in [2.45, 2.75) is 70.1 Å². The van der Waals surface area contributed by atoms with Gasteiger partial charge >= 0.3 is 0 Å². The molecule has 1 aromatic heterocycles. The lowest BCUT2D eigenvalue weighted by Crippen LogP contribution is -2.52. The SMILES string of the molecule is O=C(COCc1ccccc1)N1CCC(N2CCCC(Nc3nccc(N4CCCCCC4)n3)C2)CC1. The Kier molecular flexibility index (Phi) is 9.24. The number of nitrogens with zero attached hydrogens (tertiary/aromatic N) is 5. The van der Waals surface area contributed by atoms with Gasteiger partial charge < -0.3 is 19.9 Å². The van der Waals surface area contributed by atoms with Crippen LogP contribution in [0, 0.1) is 0 Å². The van der Waals surface area contributed by atoms with Crippen molar-refractivity contribution in [2.75, 3.05) is 56.1 Å². The first-order valence-electron chi connectivity index (χ1n) is 14.2. The van der Waals surface area contributed by atoms with E-state index in [2.05, 4.69) is 20.1 Å². The molecular formula is C29H42N6O2. The molecule has 1 atom stereocenters. The second-order valence-corrected chi connectivity index (χ2v) is 10.7. The summed E-state index contributed by atoms with van der Waals surface area (Å²) in [5, 5.41) is 3.64. The van der Waals surface area contributed by atoms with Crippen LogP contribution in [0.3, 0.4) is 0 Å². The summed E-state index contributed by atoms with van der Waals surface area (Å²) in [6.07, 6.45) is 11.4. The molecule has 8 nitrogen and oxygen atoms in total. The van der Waals surface area contributed by atoms with Gasteiger partial charge in [-0.1, -0.05) is 43.2 Å². The zero-order valence-electron chi connectivity index (χ0n) is 22.1. The first-order valence-corrected chi connectivity index (χ1v) is 14.2. The summed E-state index contributed by atoms with van der Waals surface area (Å²) in [5.74, 6) is 1.91. The van der Waals surface area contributed by atoms with Crippen LogP contribution >= 0.6 is 0 Å². The minimum atomic E-state index is 0.106. The minimum absolute atomic E-state index is 0.106. The molecule has 1 N–H and O–H groups in total. The highest BCUT2D eigenvalue weighted by molar-refractivity contribution is 5.77. The molecule has 4 heterocycles. The van der Waals surface area contributed by atoms with E-state index in [9.17, 15) is 4.79 Å². The van der Waals surface area contributed by atoms with Crippen molar-refractivity contribution in [3.05, 3.63) is 48.2 Å². The lowest BCUT2D eigenvalue weighted by atomic mass is 9.98. The summed E-state index contributed by atoms with van der Waals surface area (Å²) >= 11 is 0. The van der Waals surface area contributed by atoms with E-state index in [1.807, 2.05) is 47.5 Å². The molecule has 3 fully saturated rings. The Morgan fingerprint density at radius 3 is 2.49 bits per heavy atom. The molecule has 37 heavy (non-hydrogen) atoms. The number of hydrogen-bond acceptors (Lipinski definition) is 7. The van der Waals surface area contributed by atoms with Gasteiger partial charge in [0, 0.05) is 51.0 Å². The maximum atomic E-state index is 12.6. The minimum Gasteiger partial charge on any atom is -0.367 e. The van der Waals surface area contributed by atoms with Gasteiger partial charge in [0.1, 0.15) is 12.4 Å². The first-order chi connectivity index (χ1) is 18.2. The van der Waals surface area contributed by atoms with E-state index in [0.29, 0.717) is 18.7 Å². The number of aromatic nitrogens is 2. The normalized spacial score (nSPS) is 22.0. The van der Waals surface area contributed by atoms with E-state index in [-0.39, 0.29) is 12.5 Å². The molecule has 0 aliphatic carbocycles. The van der Waals surface area contributed by atoms with E-state index in [1.165, 1.54) is 32.1 Å². The van der Waals surface area contributed by atoms with Gasteiger partial charge in [0.05, 0.1) is 6.61 Å². The lowest BCUT2D eigenvalue weighted by molar-refractivity contribution is -0.138. The average Bonchev–Trinajstić information content (AvgIpc) is 3.24. The maximum Gasteiger partial charge on any atom is 0.248 e. The number of rotatable bonds is 8. The van der Waals surface area contributed by atoms with Gasteiger partial charge in [-0.15, -0.1) is 0 Å². The molecule has 3 aliphatic rings. The lowest BCUT2D eigenvalue weighted by Gasteiger charge is -2.42. The Balaban J connectivity index is 1.06. The Morgan fingerprint density at radius 1 is 0.919 bits per heavy atom. The number of amides is 1. The number of carbonyl (C=O) groups is 1. The van der Waals surface area contributed by atoms with Crippen molar-refractivity contribution >= 4 is 17.7 Å². The second kappa shape index (κ2) is 13.2. The number of anilines is 2. The highest BCUT2D eigenvalue weighted by Crippen LogP contribution is 2.23. The summed E-state index contributed by atoms with van der Waals surface area (Å²) < 4.78 is 5.68. The summed E-state index contributed by atoms with van der Waals surface area (Å²) in [5.41, 5.74) is 1.10. The van der Waals surface area contributed by atoms with E-state index in [4.69, 9.17) is 9.72 Å². The molecule has 0 bridgehead atoms. The van der Waals surface area contributed by atoms with Gasteiger partial charge in [0.15, 0.2) is 0 Å². The van der Waals surface area contributed by atoms with E-state index < -0.39 is 0 Å². The van der Waals surface area contributed by atoms with Gasteiger partial charge in [0.25, 0.3) is 0 Å². The van der Waals surface area contributed by atoms with Crippen LogP contribution < -0.4 is 10.2 Å². The Bertz CT molecular complexity index is 973. The fraction of sp³-hybridized carbons (Fsp3) is 0.621. The molecule has 0 spiro atoms. The molecule has 8 heteroatoms. The third-order valence-electron chi connectivity index (χ3n) is 8.03. The monoisotopic (exact) mass is 506 g/mol. The molecule has 3 saturated heterocycles. The smallest absolute Gasteiger partial charge is 0.248 e. The molecule has 3 aliphatic heterocycles. The fourth-order valence-electron chi connectivity index (χ4n) is 5.94. The van der Waals surface area contributed by atoms with Crippen molar-refractivity contribution in [3.8, 4) is 0 Å². The quantitative estimate of drug-likeness (QED) is 0.581. The maximum absolute atomic E-state index is 12.6. The van der Waals surface area contributed by atoms with Crippen molar-refractivity contribution in [2.24, 2.45) is 0 Å². The van der Waals surface area contributed by atoms with Gasteiger partial charge in [-0.3, -0.25) is 9.69 Å². The number of piperidine rings is 2. The van der Waals surface area contributed by atoms with E-state index in [1.54, 1.807) is 0 Å². The standard InChI is InChI=1S/C29H42N6O2/c36-28(23-37-22-24-9-4-3-5-10-24)34-19-13-26(14-20-34)35-18-8-11-25(21-35)31-29-30-15-12-27(32-29)33-16-6-1-2-7-17-33/h3-5,9-10,12,15,25-26H,1-2,6-8,11,13-14,16-23H2,(H,30,31,32). The van der Waals surface area contributed by atoms with Crippen molar-refractivity contribution in [1.82, 2.24) is 19.8 Å². The molecule has 0 radical (unpaired) electrons. The van der Waals surface area contributed by atoms with Crippen LogP contribution in [0.1, 0.15) is 56.9 Å². The molecule has 1 amide bonds. The van der Waals surface area contributed by atoms with Crippen LogP contribution in [0.5, 0.6) is 0 Å². The summed E-state index contributed by atoms with van der Waals surface area (Å²) in [4.78, 5) is 29.1. The molecule has 5 rings (SSSR count). The highest BCUT2D eigenvalue weighted by atomic mass is 16.5. The van der Waals surface area contributed by atoms with Crippen LogP contribution in [0.4, 0.5) is 11.8 Å². The molecule has 0 saturated carbocycles. The molecule has 1 unspecified atom stereocenters. The summed E-state index contributed by atoms with van der Waals surface area (Å²) in [6.45, 7) is 6.59. The van der Waals surface area contributed by atoms with Crippen LogP contribution in [0.2, 0.25) is 0 Å². The zero-order chi connectivity index (χ0) is 25.3. The molecule has 2 aromatic rings. The van der Waals surface area contributed by atoms with Crippen molar-refractivity contribution < 1.29 is 9.53 Å². The predicted molar refractivity (Wildman–Crippen MR) is 147 cm³/mol. The van der Waals surface area contributed by atoms with E-state index >= 15 is 0 Å².